The maximum atomic E-state index is 9.42. The van der Waals surface area contributed by atoms with E-state index >= 15 is 0 Å². The Kier molecular flexibility index (Phi) is 5.83. The normalized spacial score (nSPS) is 20.2. The van der Waals surface area contributed by atoms with Crippen molar-refractivity contribution in [1.82, 2.24) is 19.6 Å². The third-order valence-corrected chi connectivity index (χ3v) is 5.37. The monoisotopic (exact) mass is 334 g/mol. The summed E-state index contributed by atoms with van der Waals surface area (Å²) in [5, 5.41) is 15.9. The van der Waals surface area contributed by atoms with Gasteiger partial charge in [-0.05, 0) is 24.8 Å². The van der Waals surface area contributed by atoms with Gasteiger partial charge in [-0.2, -0.15) is 5.10 Å². The van der Waals surface area contributed by atoms with Gasteiger partial charge in [-0.25, -0.2) is 0 Å². The predicted octanol–water partition coefficient (Wildman–Crippen LogP) is 2.03. The van der Waals surface area contributed by atoms with Crippen molar-refractivity contribution in [3.8, 4) is 0 Å². The van der Waals surface area contributed by atoms with Crippen LogP contribution in [0.5, 0.6) is 0 Å². The first-order valence-corrected chi connectivity index (χ1v) is 9.27. The minimum absolute atomic E-state index is 0.257. The van der Waals surface area contributed by atoms with Crippen LogP contribution in [0.25, 0.3) is 0 Å². The molecule has 5 nitrogen and oxygen atoms in total. The quantitative estimate of drug-likeness (QED) is 0.841. The van der Waals surface area contributed by atoms with Crippen molar-refractivity contribution in [3.63, 3.8) is 0 Å². The molecule has 1 N–H and O–H groups in total. The van der Waals surface area contributed by atoms with Crippen molar-refractivity contribution in [1.29, 1.82) is 0 Å². The maximum absolute atomic E-state index is 9.42. The second-order valence-electron chi connectivity index (χ2n) is 6.16. The van der Waals surface area contributed by atoms with E-state index in [1.54, 1.807) is 0 Å². The Morgan fingerprint density at radius 1 is 1.35 bits per heavy atom. The third-order valence-electron chi connectivity index (χ3n) is 4.51. The molecule has 1 saturated heterocycles. The van der Waals surface area contributed by atoms with E-state index in [-0.39, 0.29) is 6.61 Å². The fourth-order valence-corrected chi connectivity index (χ4v) is 3.98. The summed E-state index contributed by atoms with van der Waals surface area (Å²) in [6, 6.07) is 4.74. The Bertz CT molecular complexity index is 583. The minimum Gasteiger partial charge on any atom is -0.396 e. The van der Waals surface area contributed by atoms with Crippen LogP contribution in [0.2, 0.25) is 0 Å². The van der Waals surface area contributed by atoms with Gasteiger partial charge in [0.1, 0.15) is 0 Å². The first-order chi connectivity index (χ1) is 11.3. The summed E-state index contributed by atoms with van der Waals surface area (Å²) in [4.78, 5) is 6.42. The molecule has 0 saturated carbocycles. The number of nitrogens with zero attached hydrogens (tertiary/aromatic N) is 4. The molecule has 1 aliphatic heterocycles. The minimum atomic E-state index is 0.257. The van der Waals surface area contributed by atoms with Gasteiger partial charge in [0.15, 0.2) is 0 Å². The van der Waals surface area contributed by atoms with E-state index in [4.69, 9.17) is 0 Å². The van der Waals surface area contributed by atoms with E-state index in [2.05, 4.69) is 45.5 Å². The van der Waals surface area contributed by atoms with Crippen molar-refractivity contribution in [2.45, 2.75) is 39.0 Å². The summed E-state index contributed by atoms with van der Waals surface area (Å²) in [7, 11) is 0. The summed E-state index contributed by atoms with van der Waals surface area (Å²) in [6.07, 6.45) is 4.96. The highest BCUT2D eigenvalue weighted by atomic mass is 32.1. The third kappa shape index (κ3) is 4.41. The smallest absolute Gasteiger partial charge is 0.0534 e. The Morgan fingerprint density at radius 3 is 2.96 bits per heavy atom. The lowest BCUT2D eigenvalue weighted by Gasteiger charge is -2.41. The number of aliphatic hydroxyl groups excluding tert-OH is 1. The molecule has 126 valence electrons. The van der Waals surface area contributed by atoms with Gasteiger partial charge >= 0.3 is 0 Å². The van der Waals surface area contributed by atoms with Crippen molar-refractivity contribution in [3.05, 3.63) is 40.3 Å². The summed E-state index contributed by atoms with van der Waals surface area (Å²) >= 11 is 1.82. The maximum Gasteiger partial charge on any atom is 0.0534 e. The molecule has 0 spiro atoms. The topological polar surface area (TPSA) is 44.5 Å². The Labute approximate surface area is 142 Å². The standard InChI is InChI=1S/C17H26N4OS/c1-2-21-12-15(10-18-21)11-19-6-7-20(16(13-19)5-8-22)14-17-4-3-9-23-17/h3-4,9-10,12,16,22H,2,5-8,11,13-14H2,1H3. The molecule has 2 aromatic heterocycles. The Hall–Kier alpha value is -1.21. The van der Waals surface area contributed by atoms with Gasteiger partial charge in [-0.1, -0.05) is 6.07 Å². The number of piperazine rings is 1. The summed E-state index contributed by atoms with van der Waals surface area (Å²) in [5.74, 6) is 0. The molecule has 2 aromatic rings. The highest BCUT2D eigenvalue weighted by molar-refractivity contribution is 7.09. The molecule has 0 bridgehead atoms. The van der Waals surface area contributed by atoms with Crippen LogP contribution < -0.4 is 0 Å². The number of hydrogen-bond donors (Lipinski definition) is 1. The molecule has 6 heteroatoms. The van der Waals surface area contributed by atoms with E-state index in [9.17, 15) is 5.11 Å². The number of thiophene rings is 1. The average molecular weight is 334 g/mol. The van der Waals surface area contributed by atoms with Gasteiger partial charge in [0.25, 0.3) is 0 Å². The molecule has 3 heterocycles. The Balaban J connectivity index is 1.59. The first kappa shape index (κ1) is 16.6. The van der Waals surface area contributed by atoms with Gasteiger partial charge in [0, 0.05) is 68.6 Å². The van der Waals surface area contributed by atoms with Gasteiger partial charge in [-0.15, -0.1) is 11.3 Å². The van der Waals surface area contributed by atoms with E-state index in [0.29, 0.717) is 6.04 Å². The van der Waals surface area contributed by atoms with E-state index < -0.39 is 0 Å². The van der Waals surface area contributed by atoms with Gasteiger partial charge in [0.05, 0.1) is 6.20 Å². The zero-order valence-electron chi connectivity index (χ0n) is 13.8. The number of aliphatic hydroxyl groups is 1. The lowest BCUT2D eigenvalue weighted by Crippen LogP contribution is -2.52. The zero-order chi connectivity index (χ0) is 16.1. The van der Waals surface area contributed by atoms with Crippen molar-refractivity contribution >= 4 is 11.3 Å². The number of aryl methyl sites for hydroxylation is 1. The number of aromatic nitrogens is 2. The molecule has 23 heavy (non-hydrogen) atoms. The first-order valence-electron chi connectivity index (χ1n) is 8.39. The molecule has 1 fully saturated rings. The molecule has 1 atom stereocenters. The van der Waals surface area contributed by atoms with E-state index in [1.165, 1.54) is 10.4 Å². The lowest BCUT2D eigenvalue weighted by molar-refractivity contribution is 0.0506. The van der Waals surface area contributed by atoms with Crippen LogP contribution >= 0.6 is 11.3 Å². The predicted molar refractivity (Wildman–Crippen MR) is 93.4 cm³/mol. The van der Waals surface area contributed by atoms with Crippen molar-refractivity contribution in [2.75, 3.05) is 26.2 Å². The number of hydrogen-bond acceptors (Lipinski definition) is 5. The van der Waals surface area contributed by atoms with E-state index in [1.807, 2.05) is 22.2 Å². The molecule has 0 aliphatic carbocycles. The second kappa shape index (κ2) is 8.06. The largest absolute Gasteiger partial charge is 0.396 e. The zero-order valence-corrected chi connectivity index (χ0v) is 14.6. The van der Waals surface area contributed by atoms with Crippen LogP contribution in [0.1, 0.15) is 23.8 Å². The summed E-state index contributed by atoms with van der Waals surface area (Å²) in [5.41, 5.74) is 1.28. The van der Waals surface area contributed by atoms with Crippen LogP contribution in [0.4, 0.5) is 0 Å². The average Bonchev–Trinajstić information content (AvgIpc) is 3.21. The van der Waals surface area contributed by atoms with E-state index in [0.717, 1.165) is 45.7 Å². The summed E-state index contributed by atoms with van der Waals surface area (Å²) < 4.78 is 1.98. The molecule has 1 unspecified atom stereocenters. The molecule has 0 radical (unpaired) electrons. The summed E-state index contributed by atoms with van der Waals surface area (Å²) in [6.45, 7) is 8.39. The van der Waals surface area contributed by atoms with Crippen molar-refractivity contribution < 1.29 is 5.11 Å². The molecule has 3 rings (SSSR count). The molecular formula is C17H26N4OS. The van der Waals surface area contributed by atoms with Gasteiger partial charge in [-0.3, -0.25) is 14.5 Å². The fourth-order valence-electron chi connectivity index (χ4n) is 3.25. The highest BCUT2D eigenvalue weighted by Crippen LogP contribution is 2.20. The van der Waals surface area contributed by atoms with Crippen LogP contribution in [-0.2, 0) is 19.6 Å². The SMILES string of the molecule is CCn1cc(CN2CCN(Cc3cccs3)C(CCO)C2)cn1. The second-order valence-corrected chi connectivity index (χ2v) is 7.19. The molecule has 1 aliphatic rings. The Morgan fingerprint density at radius 2 is 2.26 bits per heavy atom. The lowest BCUT2D eigenvalue weighted by atomic mass is 10.1. The van der Waals surface area contributed by atoms with Crippen molar-refractivity contribution in [2.24, 2.45) is 0 Å². The van der Waals surface area contributed by atoms with Crippen LogP contribution in [0.15, 0.2) is 29.9 Å². The van der Waals surface area contributed by atoms with Gasteiger partial charge < -0.3 is 5.11 Å². The molecular weight excluding hydrogens is 308 g/mol. The highest BCUT2D eigenvalue weighted by Gasteiger charge is 2.27. The van der Waals surface area contributed by atoms with Crippen LogP contribution in [0.3, 0.4) is 0 Å². The number of rotatable bonds is 7. The van der Waals surface area contributed by atoms with Crippen LogP contribution in [0, 0.1) is 0 Å². The molecule has 0 amide bonds. The van der Waals surface area contributed by atoms with Crippen LogP contribution in [-0.4, -0.2) is 57.0 Å². The molecule has 0 aromatic carbocycles. The van der Waals surface area contributed by atoms with Gasteiger partial charge in [0.2, 0.25) is 0 Å². The fraction of sp³-hybridized carbons (Fsp3) is 0.588.